The summed E-state index contributed by atoms with van der Waals surface area (Å²) in [5.41, 5.74) is 1.42. The molecule has 2 N–H and O–H groups in total. The quantitative estimate of drug-likeness (QED) is 0.895. The number of thioether (sulfide) groups is 1. The average Bonchev–Trinajstić information content (AvgIpc) is 2.86. The minimum absolute atomic E-state index is 0.0430. The van der Waals surface area contributed by atoms with Gasteiger partial charge in [0.05, 0.1) is 5.56 Å². The van der Waals surface area contributed by atoms with Gasteiger partial charge in [-0.1, -0.05) is 11.6 Å². The lowest BCUT2D eigenvalue weighted by molar-refractivity contribution is 0.0939. The van der Waals surface area contributed by atoms with Crippen LogP contribution in [-0.2, 0) is 0 Å². The Labute approximate surface area is 123 Å². The zero-order chi connectivity index (χ0) is 13.8. The summed E-state index contributed by atoms with van der Waals surface area (Å²) in [5.74, 6) is -0.0430. The Morgan fingerprint density at radius 2 is 2.21 bits per heavy atom. The highest BCUT2D eigenvalue weighted by atomic mass is 35.5. The highest BCUT2D eigenvalue weighted by Crippen LogP contribution is 2.29. The Balaban J connectivity index is 2.06. The van der Waals surface area contributed by atoms with E-state index in [1.54, 1.807) is 19.2 Å². The van der Waals surface area contributed by atoms with Gasteiger partial charge >= 0.3 is 0 Å². The Morgan fingerprint density at radius 1 is 1.42 bits per heavy atom. The maximum atomic E-state index is 12.3. The molecule has 0 saturated heterocycles. The molecule has 104 valence electrons. The Morgan fingerprint density at radius 3 is 2.84 bits per heavy atom. The molecule has 1 fully saturated rings. The average molecular weight is 299 g/mol. The summed E-state index contributed by atoms with van der Waals surface area (Å²) >= 11 is 7.85. The number of halogens is 1. The van der Waals surface area contributed by atoms with Crippen molar-refractivity contribution in [3.8, 4) is 0 Å². The van der Waals surface area contributed by atoms with E-state index in [1.807, 2.05) is 17.8 Å². The van der Waals surface area contributed by atoms with Crippen molar-refractivity contribution in [2.45, 2.75) is 30.6 Å². The molecule has 0 bridgehead atoms. The lowest BCUT2D eigenvalue weighted by atomic mass is 10.1. The minimum atomic E-state index is -0.0430. The van der Waals surface area contributed by atoms with Crippen molar-refractivity contribution in [1.82, 2.24) is 5.32 Å². The van der Waals surface area contributed by atoms with E-state index < -0.39 is 0 Å². The van der Waals surface area contributed by atoms with Gasteiger partial charge in [-0.2, -0.15) is 11.8 Å². The fourth-order valence-corrected chi connectivity index (χ4v) is 3.44. The van der Waals surface area contributed by atoms with Gasteiger partial charge in [-0.15, -0.1) is 0 Å². The number of hydrogen-bond acceptors (Lipinski definition) is 3. The lowest BCUT2D eigenvalue weighted by Crippen LogP contribution is -2.33. The van der Waals surface area contributed by atoms with Crippen molar-refractivity contribution in [3.63, 3.8) is 0 Å². The van der Waals surface area contributed by atoms with Crippen molar-refractivity contribution < 1.29 is 4.79 Å². The molecule has 1 aromatic rings. The second-order valence-corrected chi connectivity index (χ2v) is 6.36. The predicted molar refractivity (Wildman–Crippen MR) is 83.4 cm³/mol. The van der Waals surface area contributed by atoms with Crippen LogP contribution in [0.5, 0.6) is 0 Å². The highest BCUT2D eigenvalue weighted by Gasteiger charge is 2.26. The van der Waals surface area contributed by atoms with Gasteiger partial charge in [-0.25, -0.2) is 0 Å². The van der Waals surface area contributed by atoms with Crippen LogP contribution in [0.3, 0.4) is 0 Å². The number of rotatable bonds is 4. The van der Waals surface area contributed by atoms with Crippen LogP contribution in [0.25, 0.3) is 0 Å². The molecule has 0 spiro atoms. The Hall–Kier alpha value is -0.870. The molecule has 19 heavy (non-hydrogen) atoms. The van der Waals surface area contributed by atoms with Crippen LogP contribution in [0.4, 0.5) is 5.69 Å². The number of amides is 1. The largest absolute Gasteiger partial charge is 0.387 e. The fourth-order valence-electron chi connectivity index (χ4n) is 2.47. The molecule has 2 unspecified atom stereocenters. The van der Waals surface area contributed by atoms with E-state index in [0.29, 0.717) is 15.8 Å². The number of anilines is 1. The van der Waals surface area contributed by atoms with Crippen LogP contribution >= 0.6 is 23.4 Å². The SMILES string of the molecule is CNc1ccc(Cl)cc1C(=O)NC1CCC(SC)C1. The van der Waals surface area contributed by atoms with Crippen molar-refractivity contribution in [3.05, 3.63) is 28.8 Å². The summed E-state index contributed by atoms with van der Waals surface area (Å²) < 4.78 is 0. The minimum Gasteiger partial charge on any atom is -0.387 e. The molecule has 2 rings (SSSR count). The summed E-state index contributed by atoms with van der Waals surface area (Å²) in [5, 5.41) is 7.39. The highest BCUT2D eigenvalue weighted by molar-refractivity contribution is 7.99. The molecule has 1 aliphatic carbocycles. The van der Waals surface area contributed by atoms with Gasteiger partial charge in [0.2, 0.25) is 0 Å². The van der Waals surface area contributed by atoms with Crippen molar-refractivity contribution in [1.29, 1.82) is 0 Å². The maximum absolute atomic E-state index is 12.3. The van der Waals surface area contributed by atoms with Crippen LogP contribution in [-0.4, -0.2) is 30.5 Å². The van der Waals surface area contributed by atoms with E-state index in [9.17, 15) is 4.79 Å². The molecule has 0 heterocycles. The second-order valence-electron chi connectivity index (χ2n) is 4.78. The van der Waals surface area contributed by atoms with Gasteiger partial charge < -0.3 is 10.6 Å². The lowest BCUT2D eigenvalue weighted by Gasteiger charge is -2.15. The van der Waals surface area contributed by atoms with E-state index in [4.69, 9.17) is 11.6 Å². The zero-order valence-electron chi connectivity index (χ0n) is 11.2. The first-order valence-electron chi connectivity index (χ1n) is 6.45. The van der Waals surface area contributed by atoms with E-state index >= 15 is 0 Å². The Kier molecular flexibility index (Phi) is 4.99. The van der Waals surface area contributed by atoms with Crippen molar-refractivity contribution in [2.24, 2.45) is 0 Å². The molecule has 0 radical (unpaired) electrons. The first-order chi connectivity index (χ1) is 9.13. The molecule has 1 aliphatic rings. The first kappa shape index (κ1) is 14.5. The van der Waals surface area contributed by atoms with E-state index in [1.165, 1.54) is 6.42 Å². The molecule has 0 aliphatic heterocycles. The van der Waals surface area contributed by atoms with Crippen LogP contribution in [0.2, 0.25) is 5.02 Å². The van der Waals surface area contributed by atoms with E-state index in [0.717, 1.165) is 18.5 Å². The normalized spacial score (nSPS) is 22.3. The third-order valence-electron chi connectivity index (χ3n) is 3.55. The molecule has 0 aromatic heterocycles. The Bertz CT molecular complexity index is 467. The molecular formula is C14H19ClN2OS. The van der Waals surface area contributed by atoms with Crippen LogP contribution in [0.1, 0.15) is 29.6 Å². The number of carbonyl (C=O) groups excluding carboxylic acids is 1. The number of hydrogen-bond donors (Lipinski definition) is 2. The smallest absolute Gasteiger partial charge is 0.253 e. The molecule has 2 atom stereocenters. The van der Waals surface area contributed by atoms with Gasteiger partial charge in [0.1, 0.15) is 0 Å². The second kappa shape index (κ2) is 6.53. The van der Waals surface area contributed by atoms with Gasteiger partial charge in [0, 0.05) is 29.0 Å². The molecule has 1 saturated carbocycles. The van der Waals surface area contributed by atoms with E-state index in [2.05, 4.69) is 16.9 Å². The third-order valence-corrected chi connectivity index (χ3v) is 4.88. The monoisotopic (exact) mass is 298 g/mol. The summed E-state index contributed by atoms with van der Waals surface area (Å²) in [4.78, 5) is 12.3. The topological polar surface area (TPSA) is 41.1 Å². The van der Waals surface area contributed by atoms with Gasteiger partial charge in [-0.3, -0.25) is 4.79 Å². The summed E-state index contributed by atoms with van der Waals surface area (Å²) in [7, 11) is 1.80. The molecule has 3 nitrogen and oxygen atoms in total. The van der Waals surface area contributed by atoms with Crippen molar-refractivity contribution >= 4 is 35.0 Å². The van der Waals surface area contributed by atoms with Crippen LogP contribution in [0, 0.1) is 0 Å². The molecule has 5 heteroatoms. The first-order valence-corrected chi connectivity index (χ1v) is 8.11. The van der Waals surface area contributed by atoms with Crippen LogP contribution < -0.4 is 10.6 Å². The van der Waals surface area contributed by atoms with Gasteiger partial charge in [0.15, 0.2) is 0 Å². The van der Waals surface area contributed by atoms with Crippen molar-refractivity contribution in [2.75, 3.05) is 18.6 Å². The molecule has 1 aromatic carbocycles. The number of benzene rings is 1. The summed E-state index contributed by atoms with van der Waals surface area (Å²) in [6, 6.07) is 5.61. The summed E-state index contributed by atoms with van der Waals surface area (Å²) in [6.45, 7) is 0. The summed E-state index contributed by atoms with van der Waals surface area (Å²) in [6.07, 6.45) is 5.43. The molecule has 1 amide bonds. The molecular weight excluding hydrogens is 280 g/mol. The van der Waals surface area contributed by atoms with Gasteiger partial charge in [-0.05, 0) is 43.7 Å². The zero-order valence-corrected chi connectivity index (χ0v) is 12.8. The maximum Gasteiger partial charge on any atom is 0.253 e. The standard InChI is InChI=1S/C14H19ClN2OS/c1-16-13-6-3-9(15)7-12(13)14(18)17-10-4-5-11(8-10)19-2/h3,6-7,10-11,16H,4-5,8H2,1-2H3,(H,17,18). The van der Waals surface area contributed by atoms with E-state index in [-0.39, 0.29) is 11.9 Å². The third kappa shape index (κ3) is 3.57. The fraction of sp³-hybridized carbons (Fsp3) is 0.500. The predicted octanol–water partition coefficient (Wildman–Crippen LogP) is 3.40. The number of nitrogens with one attached hydrogen (secondary N) is 2. The number of carbonyl (C=O) groups is 1. The van der Waals surface area contributed by atoms with Crippen LogP contribution in [0.15, 0.2) is 18.2 Å². The van der Waals surface area contributed by atoms with Gasteiger partial charge in [0.25, 0.3) is 5.91 Å².